The van der Waals surface area contributed by atoms with Crippen LogP contribution in [-0.4, -0.2) is 28.5 Å². The van der Waals surface area contributed by atoms with Crippen LogP contribution < -0.4 is 14.8 Å². The van der Waals surface area contributed by atoms with Crippen molar-refractivity contribution in [1.29, 1.82) is 0 Å². The smallest absolute Gasteiger partial charge is 0.279 e. The standard InChI is InChI=1S/C22H21BrClN3O3S/c1-3-10-29-16-5-7-19(18(24)12-16)30-22-26-13-17(31-22)6-4-14(2)27-21(28)15-8-9-25-20(23)11-15/h4-9,11-14H,3,10H2,1-2H3,(H,27,28)/t14-/m0/s1. The number of aromatic nitrogens is 2. The lowest BCUT2D eigenvalue weighted by Crippen LogP contribution is -2.31. The predicted octanol–water partition coefficient (Wildman–Crippen LogP) is 6.37. The highest BCUT2D eigenvalue weighted by Crippen LogP contribution is 2.34. The molecule has 2 aromatic heterocycles. The summed E-state index contributed by atoms with van der Waals surface area (Å²) in [6.45, 7) is 4.57. The molecule has 162 valence electrons. The van der Waals surface area contributed by atoms with Crippen molar-refractivity contribution in [3.8, 4) is 16.7 Å². The maximum Gasteiger partial charge on any atom is 0.279 e. The van der Waals surface area contributed by atoms with Gasteiger partial charge >= 0.3 is 0 Å². The molecule has 2 heterocycles. The van der Waals surface area contributed by atoms with Crippen LogP contribution in [0.15, 0.2) is 53.4 Å². The minimum atomic E-state index is -0.172. The van der Waals surface area contributed by atoms with Gasteiger partial charge in [0.25, 0.3) is 11.1 Å². The Balaban J connectivity index is 1.57. The largest absolute Gasteiger partial charge is 0.494 e. The number of ether oxygens (including phenoxy) is 2. The Kier molecular flexibility index (Phi) is 8.45. The second kappa shape index (κ2) is 11.3. The first-order valence-electron chi connectivity index (χ1n) is 9.61. The van der Waals surface area contributed by atoms with Crippen LogP contribution in [-0.2, 0) is 0 Å². The van der Waals surface area contributed by atoms with Crippen molar-refractivity contribution in [3.63, 3.8) is 0 Å². The number of nitrogens with one attached hydrogen (secondary N) is 1. The normalized spacial score (nSPS) is 12.0. The van der Waals surface area contributed by atoms with Crippen LogP contribution in [0.5, 0.6) is 16.7 Å². The second-order valence-electron chi connectivity index (χ2n) is 6.56. The highest BCUT2D eigenvalue weighted by molar-refractivity contribution is 9.10. The minimum Gasteiger partial charge on any atom is -0.494 e. The maximum atomic E-state index is 12.3. The molecular weight excluding hydrogens is 502 g/mol. The molecule has 1 amide bonds. The SMILES string of the molecule is CCCOc1ccc(Oc2ncc(C=C[C@H](C)NC(=O)c3ccnc(Br)c3)s2)c(Cl)c1. The number of pyridine rings is 1. The van der Waals surface area contributed by atoms with Crippen LogP contribution in [0, 0.1) is 0 Å². The van der Waals surface area contributed by atoms with E-state index in [4.69, 9.17) is 21.1 Å². The lowest BCUT2D eigenvalue weighted by atomic mass is 10.2. The number of nitrogens with zero attached hydrogens (tertiary/aromatic N) is 2. The number of carbonyl (C=O) groups is 1. The first-order valence-corrected chi connectivity index (χ1v) is 11.6. The molecule has 0 bridgehead atoms. The zero-order valence-corrected chi connectivity index (χ0v) is 20.1. The molecule has 0 fully saturated rings. The van der Waals surface area contributed by atoms with E-state index in [0.717, 1.165) is 11.3 Å². The number of rotatable bonds is 9. The van der Waals surface area contributed by atoms with Crippen molar-refractivity contribution in [2.24, 2.45) is 0 Å². The van der Waals surface area contributed by atoms with E-state index < -0.39 is 0 Å². The fraction of sp³-hybridized carbons (Fsp3) is 0.227. The van der Waals surface area contributed by atoms with Gasteiger partial charge in [0.1, 0.15) is 16.1 Å². The van der Waals surface area contributed by atoms with Gasteiger partial charge in [-0.05, 0) is 59.6 Å². The van der Waals surface area contributed by atoms with Gasteiger partial charge in [-0.15, -0.1) is 0 Å². The molecule has 1 atom stereocenters. The topological polar surface area (TPSA) is 73.3 Å². The highest BCUT2D eigenvalue weighted by Gasteiger charge is 2.10. The molecule has 0 saturated heterocycles. The van der Waals surface area contributed by atoms with E-state index in [1.54, 1.807) is 36.7 Å². The van der Waals surface area contributed by atoms with Gasteiger partial charge < -0.3 is 14.8 Å². The fourth-order valence-electron chi connectivity index (χ4n) is 2.48. The fourth-order valence-corrected chi connectivity index (χ4v) is 3.75. The number of hydrogen-bond acceptors (Lipinski definition) is 6. The van der Waals surface area contributed by atoms with Crippen LogP contribution in [0.25, 0.3) is 6.08 Å². The molecule has 0 saturated carbocycles. The average Bonchev–Trinajstić information content (AvgIpc) is 3.20. The number of carbonyl (C=O) groups excluding carboxylic acids is 1. The van der Waals surface area contributed by atoms with Crippen LogP contribution in [0.4, 0.5) is 0 Å². The van der Waals surface area contributed by atoms with Crippen LogP contribution >= 0.6 is 38.9 Å². The predicted molar refractivity (Wildman–Crippen MR) is 127 cm³/mol. The van der Waals surface area contributed by atoms with Crippen molar-refractivity contribution in [3.05, 3.63) is 68.9 Å². The summed E-state index contributed by atoms with van der Waals surface area (Å²) in [5, 5.41) is 3.85. The van der Waals surface area contributed by atoms with E-state index in [9.17, 15) is 4.79 Å². The number of benzene rings is 1. The Morgan fingerprint density at radius 3 is 2.90 bits per heavy atom. The van der Waals surface area contributed by atoms with E-state index in [2.05, 4.69) is 31.2 Å². The number of amides is 1. The summed E-state index contributed by atoms with van der Waals surface area (Å²) in [4.78, 5) is 21.5. The number of thiazole rings is 1. The van der Waals surface area contributed by atoms with Crippen molar-refractivity contribution in [2.45, 2.75) is 26.3 Å². The quantitative estimate of drug-likeness (QED) is 0.331. The Bertz CT molecular complexity index is 1070. The minimum absolute atomic E-state index is 0.170. The van der Waals surface area contributed by atoms with Gasteiger partial charge in [-0.3, -0.25) is 4.79 Å². The summed E-state index contributed by atoms with van der Waals surface area (Å²) in [6.07, 6.45) is 7.99. The Hall–Kier alpha value is -2.42. The summed E-state index contributed by atoms with van der Waals surface area (Å²) < 4.78 is 12.0. The maximum absolute atomic E-state index is 12.3. The Labute approximate surface area is 198 Å². The van der Waals surface area contributed by atoms with Gasteiger partial charge in [0.15, 0.2) is 0 Å². The van der Waals surface area contributed by atoms with Gasteiger partial charge in [-0.1, -0.05) is 35.9 Å². The molecule has 3 rings (SSSR count). The molecule has 0 aliphatic heterocycles. The van der Waals surface area contributed by atoms with Crippen LogP contribution in [0.2, 0.25) is 5.02 Å². The highest BCUT2D eigenvalue weighted by atomic mass is 79.9. The number of halogens is 2. The van der Waals surface area contributed by atoms with E-state index in [0.29, 0.717) is 38.5 Å². The average molecular weight is 523 g/mol. The molecule has 0 aliphatic rings. The van der Waals surface area contributed by atoms with Gasteiger partial charge in [0.2, 0.25) is 0 Å². The number of hydrogen-bond donors (Lipinski definition) is 1. The van der Waals surface area contributed by atoms with E-state index >= 15 is 0 Å². The molecule has 1 aromatic carbocycles. The van der Waals surface area contributed by atoms with Gasteiger partial charge in [0, 0.05) is 30.1 Å². The van der Waals surface area contributed by atoms with Gasteiger partial charge in [-0.25, -0.2) is 9.97 Å². The second-order valence-corrected chi connectivity index (χ2v) is 8.80. The molecule has 1 N–H and O–H groups in total. The van der Waals surface area contributed by atoms with Crippen molar-refractivity contribution < 1.29 is 14.3 Å². The molecule has 9 heteroatoms. The lowest BCUT2D eigenvalue weighted by molar-refractivity contribution is 0.0947. The molecule has 6 nitrogen and oxygen atoms in total. The summed E-state index contributed by atoms with van der Waals surface area (Å²) >= 11 is 10.9. The van der Waals surface area contributed by atoms with Crippen LogP contribution in [0.1, 0.15) is 35.5 Å². The van der Waals surface area contributed by atoms with Gasteiger partial charge in [0.05, 0.1) is 16.5 Å². The Morgan fingerprint density at radius 2 is 2.16 bits per heavy atom. The van der Waals surface area contributed by atoms with Crippen LogP contribution in [0.3, 0.4) is 0 Å². The monoisotopic (exact) mass is 521 g/mol. The van der Waals surface area contributed by atoms with Gasteiger partial charge in [-0.2, -0.15) is 0 Å². The van der Waals surface area contributed by atoms with Crippen molar-refractivity contribution in [2.75, 3.05) is 6.61 Å². The first-order chi connectivity index (χ1) is 14.9. The third kappa shape index (κ3) is 7.05. The summed E-state index contributed by atoms with van der Waals surface area (Å²) in [5.74, 6) is 1.05. The zero-order valence-electron chi connectivity index (χ0n) is 17.0. The molecule has 0 spiro atoms. The molecule has 3 aromatic rings. The van der Waals surface area contributed by atoms with E-state index in [1.807, 2.05) is 32.1 Å². The lowest BCUT2D eigenvalue weighted by Gasteiger charge is -2.09. The third-order valence-corrected chi connectivity index (χ3v) is 5.54. The molecule has 31 heavy (non-hydrogen) atoms. The zero-order chi connectivity index (χ0) is 22.2. The van der Waals surface area contributed by atoms with E-state index in [-0.39, 0.29) is 11.9 Å². The van der Waals surface area contributed by atoms with Crippen molar-refractivity contribution >= 4 is 50.9 Å². The molecule has 0 unspecified atom stereocenters. The summed E-state index contributed by atoms with van der Waals surface area (Å²) in [6, 6.07) is 8.47. The summed E-state index contributed by atoms with van der Waals surface area (Å²) in [5.41, 5.74) is 0.540. The molecule has 0 aliphatic carbocycles. The third-order valence-electron chi connectivity index (χ3n) is 3.97. The van der Waals surface area contributed by atoms with E-state index in [1.165, 1.54) is 11.3 Å². The molecular formula is C22H21BrClN3O3S. The summed E-state index contributed by atoms with van der Waals surface area (Å²) in [7, 11) is 0. The Morgan fingerprint density at radius 1 is 1.32 bits per heavy atom. The van der Waals surface area contributed by atoms with Crippen molar-refractivity contribution in [1.82, 2.24) is 15.3 Å². The first kappa shape index (κ1) is 23.2. The molecule has 0 radical (unpaired) electrons.